The first kappa shape index (κ1) is 26.2. The number of carbonyl (C=O) groups is 2. The summed E-state index contributed by atoms with van der Waals surface area (Å²) in [5.74, 6) is 0.0373. The highest BCUT2D eigenvalue weighted by molar-refractivity contribution is 7.00. The Kier molecular flexibility index (Phi) is 7.42. The molecule has 1 aliphatic heterocycles. The lowest BCUT2D eigenvalue weighted by molar-refractivity contribution is -0.130. The Morgan fingerprint density at radius 2 is 1.51 bits per heavy atom. The summed E-state index contributed by atoms with van der Waals surface area (Å²) in [6.07, 6.45) is 0.0846. The molecule has 0 radical (unpaired) electrons. The van der Waals surface area contributed by atoms with E-state index in [2.05, 4.69) is 8.75 Å². The van der Waals surface area contributed by atoms with Crippen LogP contribution in [0.4, 0.5) is 0 Å². The molecule has 0 atom stereocenters. The Labute approximate surface area is 239 Å². The first-order valence-corrected chi connectivity index (χ1v) is 13.7. The SMILES string of the molecule is O=C(O)C(=C(Cc1ccc(OCc2ccccc2)cc1)C(=O)c1ccc2c(c1)OCCO2)c1ccc2nsnc2c1. The van der Waals surface area contributed by atoms with Crippen molar-refractivity contribution >= 4 is 40.1 Å². The summed E-state index contributed by atoms with van der Waals surface area (Å²) in [5, 5.41) is 10.4. The van der Waals surface area contributed by atoms with Gasteiger partial charge in [0, 0.05) is 17.6 Å². The van der Waals surface area contributed by atoms with Crippen LogP contribution < -0.4 is 14.2 Å². The average Bonchev–Trinajstić information content (AvgIpc) is 3.48. The predicted molar refractivity (Wildman–Crippen MR) is 155 cm³/mol. The van der Waals surface area contributed by atoms with Gasteiger partial charge in [0.25, 0.3) is 0 Å². The van der Waals surface area contributed by atoms with E-state index in [4.69, 9.17) is 14.2 Å². The number of rotatable bonds is 9. The van der Waals surface area contributed by atoms with Gasteiger partial charge in [-0.05, 0) is 59.2 Å². The van der Waals surface area contributed by atoms with Crippen molar-refractivity contribution < 1.29 is 28.9 Å². The standard InChI is InChI=1S/C32H24N2O6S/c35-31(23-9-13-28-29(18-23)39-15-14-38-28)25(30(32(36)37)22-8-12-26-27(17-22)34-41-33-26)16-20-6-10-24(11-7-20)40-19-21-4-2-1-3-5-21/h1-13,17-18H,14-16,19H2,(H,36,37). The van der Waals surface area contributed by atoms with Crippen molar-refractivity contribution in [3.63, 3.8) is 0 Å². The van der Waals surface area contributed by atoms with Crippen LogP contribution in [0.15, 0.2) is 96.6 Å². The van der Waals surface area contributed by atoms with Gasteiger partial charge in [-0.1, -0.05) is 48.5 Å². The Hall–Kier alpha value is -5.02. The van der Waals surface area contributed by atoms with Crippen LogP contribution >= 0.6 is 11.7 Å². The maximum Gasteiger partial charge on any atom is 0.336 e. The van der Waals surface area contributed by atoms with E-state index in [0.717, 1.165) is 22.9 Å². The summed E-state index contributed by atoms with van der Waals surface area (Å²) in [6.45, 7) is 1.22. The number of aromatic nitrogens is 2. The minimum Gasteiger partial charge on any atom is -0.489 e. The van der Waals surface area contributed by atoms with Crippen LogP contribution in [0.3, 0.4) is 0 Å². The zero-order valence-electron chi connectivity index (χ0n) is 21.8. The second-order valence-electron chi connectivity index (χ2n) is 9.41. The molecule has 1 aliphatic rings. The summed E-state index contributed by atoms with van der Waals surface area (Å²) in [7, 11) is 0. The highest BCUT2D eigenvalue weighted by atomic mass is 32.1. The van der Waals surface area contributed by atoms with Crippen LogP contribution in [0.25, 0.3) is 16.6 Å². The minimum absolute atomic E-state index is 0.0846. The van der Waals surface area contributed by atoms with E-state index in [-0.39, 0.29) is 17.6 Å². The van der Waals surface area contributed by atoms with E-state index < -0.39 is 11.8 Å². The van der Waals surface area contributed by atoms with Crippen molar-refractivity contribution in [2.75, 3.05) is 13.2 Å². The number of nitrogens with zero attached hydrogens (tertiary/aromatic N) is 2. The normalized spacial score (nSPS) is 13.0. The smallest absolute Gasteiger partial charge is 0.336 e. The number of allylic oxidation sites excluding steroid dienone is 1. The average molecular weight is 565 g/mol. The molecule has 8 nitrogen and oxygen atoms in total. The Bertz CT molecular complexity index is 1760. The van der Waals surface area contributed by atoms with Gasteiger partial charge in [0.15, 0.2) is 17.3 Å². The Balaban J connectivity index is 1.37. The molecule has 0 aliphatic carbocycles. The fourth-order valence-corrected chi connectivity index (χ4v) is 5.17. The summed E-state index contributed by atoms with van der Waals surface area (Å²) >= 11 is 1.04. The fourth-order valence-electron chi connectivity index (χ4n) is 4.65. The highest BCUT2D eigenvalue weighted by Crippen LogP contribution is 2.34. The number of ether oxygens (including phenoxy) is 3. The second kappa shape index (κ2) is 11.6. The maximum absolute atomic E-state index is 14.0. The van der Waals surface area contributed by atoms with Crippen molar-refractivity contribution in [1.82, 2.24) is 8.75 Å². The number of carboxylic acids is 1. The predicted octanol–water partition coefficient (Wildman–Crippen LogP) is 6.01. The van der Waals surface area contributed by atoms with Crippen molar-refractivity contribution in [1.29, 1.82) is 0 Å². The Morgan fingerprint density at radius 3 is 2.29 bits per heavy atom. The zero-order chi connectivity index (χ0) is 28.2. The van der Waals surface area contributed by atoms with Gasteiger partial charge in [-0.25, -0.2) is 4.79 Å². The molecule has 0 amide bonds. The van der Waals surface area contributed by atoms with E-state index in [1.807, 2.05) is 54.6 Å². The van der Waals surface area contributed by atoms with Crippen LogP contribution in [0.2, 0.25) is 0 Å². The molecule has 0 unspecified atom stereocenters. The third-order valence-electron chi connectivity index (χ3n) is 6.69. The van der Waals surface area contributed by atoms with Gasteiger partial charge in [0.1, 0.15) is 36.6 Å². The van der Waals surface area contributed by atoms with E-state index >= 15 is 0 Å². The van der Waals surface area contributed by atoms with Gasteiger partial charge >= 0.3 is 5.97 Å². The highest BCUT2D eigenvalue weighted by Gasteiger charge is 2.26. The van der Waals surface area contributed by atoms with E-state index in [0.29, 0.717) is 59.2 Å². The molecule has 0 saturated carbocycles. The van der Waals surface area contributed by atoms with Crippen molar-refractivity contribution in [2.45, 2.75) is 13.0 Å². The van der Waals surface area contributed by atoms with Crippen LogP contribution in [0, 0.1) is 0 Å². The number of carbonyl (C=O) groups excluding carboxylic acids is 1. The van der Waals surface area contributed by atoms with Gasteiger partial charge in [-0.15, -0.1) is 0 Å². The summed E-state index contributed by atoms with van der Waals surface area (Å²) in [6, 6.07) is 27.1. The summed E-state index contributed by atoms with van der Waals surface area (Å²) < 4.78 is 25.6. The lowest BCUT2D eigenvalue weighted by Gasteiger charge is -2.19. The number of aliphatic carboxylic acids is 1. The van der Waals surface area contributed by atoms with Gasteiger partial charge in [-0.2, -0.15) is 8.75 Å². The number of ketones is 1. The van der Waals surface area contributed by atoms with Crippen molar-refractivity contribution in [2.24, 2.45) is 0 Å². The third kappa shape index (κ3) is 5.80. The van der Waals surface area contributed by atoms with Gasteiger partial charge < -0.3 is 19.3 Å². The molecular formula is C32H24N2O6S. The molecule has 0 saturated heterocycles. The number of fused-ring (bicyclic) bond motifs is 2. The molecule has 4 aromatic carbocycles. The van der Waals surface area contributed by atoms with Crippen LogP contribution in [0.5, 0.6) is 17.2 Å². The number of benzene rings is 4. The summed E-state index contributed by atoms with van der Waals surface area (Å²) in [5.41, 5.74) is 3.76. The fraction of sp³-hybridized carbons (Fsp3) is 0.125. The Morgan fingerprint density at radius 1 is 0.780 bits per heavy atom. The molecule has 204 valence electrons. The van der Waals surface area contributed by atoms with Crippen molar-refractivity contribution in [3.05, 3.63) is 119 Å². The largest absolute Gasteiger partial charge is 0.489 e. The van der Waals surface area contributed by atoms with Crippen LogP contribution in [-0.4, -0.2) is 38.8 Å². The molecule has 5 aromatic rings. The zero-order valence-corrected chi connectivity index (χ0v) is 22.6. The first-order valence-electron chi connectivity index (χ1n) is 12.9. The molecule has 1 aromatic heterocycles. The maximum atomic E-state index is 14.0. The number of hydrogen-bond acceptors (Lipinski definition) is 8. The summed E-state index contributed by atoms with van der Waals surface area (Å²) in [4.78, 5) is 26.8. The van der Waals surface area contributed by atoms with Crippen LogP contribution in [0.1, 0.15) is 27.0 Å². The lowest BCUT2D eigenvalue weighted by Crippen LogP contribution is -2.17. The molecule has 41 heavy (non-hydrogen) atoms. The lowest BCUT2D eigenvalue weighted by atomic mass is 9.89. The quantitative estimate of drug-likeness (QED) is 0.171. The van der Waals surface area contributed by atoms with E-state index in [1.54, 1.807) is 36.4 Å². The first-order chi connectivity index (χ1) is 20.0. The number of carboxylic acid groups (broad SMARTS) is 1. The van der Waals surface area contributed by atoms with Gasteiger partial charge in [0.2, 0.25) is 0 Å². The second-order valence-corrected chi connectivity index (χ2v) is 9.94. The van der Waals surface area contributed by atoms with E-state index in [1.165, 1.54) is 0 Å². The number of hydrogen-bond donors (Lipinski definition) is 1. The van der Waals surface area contributed by atoms with Crippen molar-refractivity contribution in [3.8, 4) is 17.2 Å². The van der Waals surface area contributed by atoms with Gasteiger partial charge in [-0.3, -0.25) is 4.79 Å². The van der Waals surface area contributed by atoms with Crippen LogP contribution in [-0.2, 0) is 17.8 Å². The molecule has 0 spiro atoms. The molecule has 6 rings (SSSR count). The monoisotopic (exact) mass is 564 g/mol. The van der Waals surface area contributed by atoms with Gasteiger partial charge in [0.05, 0.1) is 17.3 Å². The topological polar surface area (TPSA) is 108 Å². The minimum atomic E-state index is -1.21. The molecule has 9 heteroatoms. The molecular weight excluding hydrogens is 540 g/mol. The molecule has 0 fully saturated rings. The molecule has 0 bridgehead atoms. The van der Waals surface area contributed by atoms with E-state index in [9.17, 15) is 14.7 Å². The number of Topliss-reactive ketones (excluding diaryl/α,β-unsaturated/α-hetero) is 1. The third-order valence-corrected chi connectivity index (χ3v) is 7.25. The molecule has 2 heterocycles. The molecule has 1 N–H and O–H groups in total.